The number of hydrogen-bond donors (Lipinski definition) is 4. The van der Waals surface area contributed by atoms with Gasteiger partial charge in [-0.25, -0.2) is 19.9 Å². The molecule has 0 fully saturated rings. The van der Waals surface area contributed by atoms with Crippen molar-refractivity contribution in [1.82, 2.24) is 30.6 Å². The molecule has 0 saturated heterocycles. The maximum Gasteiger partial charge on any atom is 0.101 e. The van der Waals surface area contributed by atoms with Gasteiger partial charge >= 0.3 is 0 Å². The molecule has 0 aromatic carbocycles. The lowest BCUT2D eigenvalue weighted by Gasteiger charge is -2.05. The van der Waals surface area contributed by atoms with Gasteiger partial charge in [0.05, 0.1) is 20.0 Å². The van der Waals surface area contributed by atoms with Crippen LogP contribution in [0.1, 0.15) is 20.0 Å². The summed E-state index contributed by atoms with van der Waals surface area (Å²) >= 11 is 6.71. The minimum absolute atomic E-state index is 0.631. The molecule has 0 aliphatic rings. The zero-order valence-corrected chi connectivity index (χ0v) is 22.2. The molecule has 0 spiro atoms. The van der Waals surface area contributed by atoms with E-state index < -0.39 is 0 Å². The molecular formula is C22H30N8S4. The molecule has 0 aliphatic heterocycles. The Bertz CT molecular complexity index is 1040. The monoisotopic (exact) mass is 534 g/mol. The number of nitrogens with zero attached hydrogens (tertiary/aromatic N) is 4. The Morgan fingerprint density at radius 1 is 0.500 bits per heavy atom. The smallest absolute Gasteiger partial charge is 0.101 e. The average molecular weight is 535 g/mol. The van der Waals surface area contributed by atoms with Crippen LogP contribution in [0.3, 0.4) is 0 Å². The third kappa shape index (κ3) is 7.43. The summed E-state index contributed by atoms with van der Waals surface area (Å²) in [4.78, 5) is 18.7. The van der Waals surface area contributed by atoms with E-state index in [2.05, 4.69) is 42.1 Å². The molecule has 0 bridgehead atoms. The van der Waals surface area contributed by atoms with Gasteiger partial charge in [-0.05, 0) is 13.1 Å². The van der Waals surface area contributed by atoms with E-state index in [1.807, 2.05) is 0 Å². The van der Waals surface area contributed by atoms with Crippen LogP contribution < -0.4 is 22.1 Å². The van der Waals surface area contributed by atoms with E-state index in [1.54, 1.807) is 45.3 Å². The molecule has 0 radical (unpaired) electrons. The zero-order chi connectivity index (χ0) is 23.6. The summed E-state index contributed by atoms with van der Waals surface area (Å²) in [6, 6.07) is 0. The first-order chi connectivity index (χ1) is 16.7. The molecule has 182 valence electrons. The second-order valence-corrected chi connectivity index (χ2v) is 11.4. The highest BCUT2D eigenvalue weighted by Gasteiger charge is 2.10. The maximum atomic E-state index is 5.61. The molecule has 12 heteroatoms. The van der Waals surface area contributed by atoms with Gasteiger partial charge in [-0.2, -0.15) is 0 Å². The van der Waals surface area contributed by atoms with Crippen LogP contribution in [0, 0.1) is 0 Å². The van der Waals surface area contributed by atoms with E-state index in [1.165, 1.54) is 0 Å². The van der Waals surface area contributed by atoms with Crippen molar-refractivity contribution < 1.29 is 0 Å². The number of hydrogen-bond acceptors (Lipinski definition) is 12. The van der Waals surface area contributed by atoms with Crippen molar-refractivity contribution in [3.8, 4) is 22.8 Å². The number of nitrogens with two attached hydrogens (primary N) is 2. The Morgan fingerprint density at radius 2 is 0.824 bits per heavy atom. The maximum absolute atomic E-state index is 5.61. The van der Waals surface area contributed by atoms with Gasteiger partial charge in [-0.3, -0.25) is 0 Å². The van der Waals surface area contributed by atoms with E-state index in [4.69, 9.17) is 21.4 Å². The molecule has 8 nitrogen and oxygen atoms in total. The lowest BCUT2D eigenvalue weighted by Crippen LogP contribution is -2.29. The summed E-state index contributed by atoms with van der Waals surface area (Å²) < 4.78 is 0. The summed E-state index contributed by atoms with van der Waals surface area (Å²) in [5, 5.41) is 19.7. The fraction of sp³-hybridized carbons (Fsp3) is 0.455. The molecule has 0 aliphatic carbocycles. The van der Waals surface area contributed by atoms with Crippen LogP contribution in [0.25, 0.3) is 22.8 Å². The summed E-state index contributed by atoms with van der Waals surface area (Å²) in [5.74, 6) is 0. The van der Waals surface area contributed by atoms with Gasteiger partial charge in [0.2, 0.25) is 0 Å². The van der Waals surface area contributed by atoms with Crippen LogP contribution in [-0.4, -0.2) is 59.2 Å². The molecule has 0 saturated carbocycles. The highest BCUT2D eigenvalue weighted by molar-refractivity contribution is 7.11. The van der Waals surface area contributed by atoms with Crippen molar-refractivity contribution in [2.45, 2.75) is 25.7 Å². The van der Waals surface area contributed by atoms with Crippen molar-refractivity contribution in [2.24, 2.45) is 11.5 Å². The molecule has 0 unspecified atom stereocenters. The SMILES string of the molecule is NCCc1nc(-c2csc(CCNCCNCCc3nc(-c4csc(CCN)n4)cs3)n2)cs1. The van der Waals surface area contributed by atoms with Crippen LogP contribution in [0.2, 0.25) is 0 Å². The van der Waals surface area contributed by atoms with Crippen LogP contribution in [-0.2, 0) is 25.7 Å². The van der Waals surface area contributed by atoms with E-state index in [0.29, 0.717) is 13.1 Å². The van der Waals surface area contributed by atoms with Gasteiger partial charge < -0.3 is 22.1 Å². The highest BCUT2D eigenvalue weighted by atomic mass is 32.1. The van der Waals surface area contributed by atoms with Crippen molar-refractivity contribution in [3.05, 3.63) is 41.6 Å². The first kappa shape index (κ1) is 25.5. The van der Waals surface area contributed by atoms with E-state index in [0.717, 1.165) is 94.7 Å². The number of thiazole rings is 4. The van der Waals surface area contributed by atoms with Crippen LogP contribution in [0.5, 0.6) is 0 Å². The quantitative estimate of drug-likeness (QED) is 0.172. The summed E-state index contributed by atoms with van der Waals surface area (Å²) in [5.41, 5.74) is 15.1. The Hall–Kier alpha value is -1.64. The van der Waals surface area contributed by atoms with Gasteiger partial charge in [0.1, 0.15) is 22.8 Å². The van der Waals surface area contributed by atoms with Gasteiger partial charge in [-0.1, -0.05) is 0 Å². The van der Waals surface area contributed by atoms with Gasteiger partial charge in [0.15, 0.2) is 0 Å². The van der Waals surface area contributed by atoms with Crippen LogP contribution in [0.4, 0.5) is 0 Å². The number of aromatic nitrogens is 4. The van der Waals surface area contributed by atoms with E-state index in [9.17, 15) is 0 Å². The molecule has 6 N–H and O–H groups in total. The van der Waals surface area contributed by atoms with E-state index >= 15 is 0 Å². The molecule has 4 aromatic heterocycles. The molecule has 0 atom stereocenters. The molecule has 34 heavy (non-hydrogen) atoms. The highest BCUT2D eigenvalue weighted by Crippen LogP contribution is 2.25. The fourth-order valence-electron chi connectivity index (χ4n) is 3.24. The Kier molecular flexibility index (Phi) is 10.1. The second kappa shape index (κ2) is 13.4. The molecular weight excluding hydrogens is 505 g/mol. The van der Waals surface area contributed by atoms with E-state index in [-0.39, 0.29) is 0 Å². The Balaban J connectivity index is 1.08. The van der Waals surface area contributed by atoms with Crippen molar-refractivity contribution in [3.63, 3.8) is 0 Å². The first-order valence-corrected chi connectivity index (χ1v) is 14.9. The van der Waals surface area contributed by atoms with Crippen molar-refractivity contribution in [2.75, 3.05) is 39.3 Å². The minimum Gasteiger partial charge on any atom is -0.330 e. The van der Waals surface area contributed by atoms with Crippen LogP contribution >= 0.6 is 45.3 Å². The second-order valence-electron chi connectivity index (χ2n) is 7.58. The van der Waals surface area contributed by atoms with Gasteiger partial charge in [-0.15, -0.1) is 45.3 Å². The minimum atomic E-state index is 0.631. The van der Waals surface area contributed by atoms with Crippen LogP contribution in [0.15, 0.2) is 21.5 Å². The predicted octanol–water partition coefficient (Wildman–Crippen LogP) is 2.81. The lowest BCUT2D eigenvalue weighted by molar-refractivity contribution is 0.610. The third-order valence-corrected chi connectivity index (χ3v) is 8.59. The van der Waals surface area contributed by atoms with Gasteiger partial charge in [0.25, 0.3) is 0 Å². The number of nitrogens with one attached hydrogen (secondary N) is 2. The first-order valence-electron chi connectivity index (χ1n) is 11.3. The Labute approximate surface area is 215 Å². The molecule has 4 rings (SSSR count). The largest absolute Gasteiger partial charge is 0.330 e. The predicted molar refractivity (Wildman–Crippen MR) is 145 cm³/mol. The normalized spacial score (nSPS) is 11.5. The molecule has 4 aromatic rings. The topological polar surface area (TPSA) is 128 Å². The summed E-state index contributed by atoms with van der Waals surface area (Å²) in [6.45, 7) is 4.95. The molecule has 0 amide bonds. The fourth-order valence-corrected chi connectivity index (χ4v) is 6.44. The molecule has 4 heterocycles. The zero-order valence-electron chi connectivity index (χ0n) is 19.0. The average Bonchev–Trinajstić information content (AvgIpc) is 3.63. The lowest BCUT2D eigenvalue weighted by atomic mass is 10.3. The third-order valence-electron chi connectivity index (χ3n) is 4.96. The van der Waals surface area contributed by atoms with Gasteiger partial charge in [0, 0.05) is 73.4 Å². The standard InChI is InChI=1S/C22H30N8S4/c23-5-1-19-27-15(11-31-19)17-13-33-21(29-17)3-7-25-9-10-26-8-4-22-30-18(14-34-22)16-12-32-20(28-16)2-6-24/h11-14,25-26H,1-10,23-24H2. The van der Waals surface area contributed by atoms with Crippen molar-refractivity contribution in [1.29, 1.82) is 0 Å². The number of rotatable bonds is 15. The Morgan fingerprint density at radius 3 is 1.15 bits per heavy atom. The van der Waals surface area contributed by atoms with Crippen molar-refractivity contribution >= 4 is 45.3 Å². The summed E-state index contributed by atoms with van der Waals surface area (Å²) in [6.07, 6.45) is 3.51. The summed E-state index contributed by atoms with van der Waals surface area (Å²) in [7, 11) is 0.